The van der Waals surface area contributed by atoms with Crippen molar-refractivity contribution < 1.29 is 9.59 Å². The maximum absolute atomic E-state index is 12.5. The molecule has 3 aromatic carbocycles. The predicted molar refractivity (Wildman–Crippen MR) is 110 cm³/mol. The van der Waals surface area contributed by atoms with Crippen LogP contribution in [0.5, 0.6) is 0 Å². The Morgan fingerprint density at radius 1 is 0.750 bits per heavy atom. The molecule has 1 saturated carbocycles. The third-order valence-electron chi connectivity index (χ3n) is 4.81. The molecule has 4 nitrogen and oxygen atoms in total. The van der Waals surface area contributed by atoms with Crippen LogP contribution in [0.2, 0.25) is 0 Å². The van der Waals surface area contributed by atoms with Gasteiger partial charge in [-0.2, -0.15) is 0 Å². The molecular formula is C24H22N2O2. The Morgan fingerprint density at radius 2 is 1.50 bits per heavy atom. The van der Waals surface area contributed by atoms with Gasteiger partial charge in [0.05, 0.1) is 0 Å². The molecule has 0 radical (unpaired) electrons. The van der Waals surface area contributed by atoms with Crippen LogP contribution in [0.4, 0.5) is 0 Å². The van der Waals surface area contributed by atoms with Gasteiger partial charge in [-0.15, -0.1) is 0 Å². The Bertz CT molecular complexity index is 977. The fourth-order valence-corrected chi connectivity index (χ4v) is 3.03. The molecule has 1 aliphatic carbocycles. The van der Waals surface area contributed by atoms with Gasteiger partial charge in [0.2, 0.25) is 0 Å². The molecule has 1 aliphatic rings. The van der Waals surface area contributed by atoms with Crippen molar-refractivity contribution in [1.29, 1.82) is 0 Å². The van der Waals surface area contributed by atoms with E-state index in [1.54, 1.807) is 6.07 Å². The fourth-order valence-electron chi connectivity index (χ4n) is 3.03. The number of rotatable bonds is 6. The average Bonchev–Trinajstić information content (AvgIpc) is 3.57. The smallest absolute Gasteiger partial charge is 0.251 e. The van der Waals surface area contributed by atoms with Gasteiger partial charge in [0.1, 0.15) is 0 Å². The van der Waals surface area contributed by atoms with E-state index in [-0.39, 0.29) is 11.8 Å². The lowest BCUT2D eigenvalue weighted by molar-refractivity contribution is 0.0943. The lowest BCUT2D eigenvalue weighted by Crippen LogP contribution is -2.25. The summed E-state index contributed by atoms with van der Waals surface area (Å²) in [6, 6.07) is 25.2. The zero-order chi connectivity index (χ0) is 19.3. The Labute approximate surface area is 164 Å². The van der Waals surface area contributed by atoms with E-state index < -0.39 is 0 Å². The van der Waals surface area contributed by atoms with E-state index in [4.69, 9.17) is 0 Å². The van der Waals surface area contributed by atoms with Crippen LogP contribution in [0.15, 0.2) is 78.9 Å². The van der Waals surface area contributed by atoms with E-state index in [2.05, 4.69) is 10.6 Å². The average molecular weight is 370 g/mol. The zero-order valence-corrected chi connectivity index (χ0v) is 15.5. The molecule has 1 fully saturated rings. The molecule has 0 unspecified atom stereocenters. The largest absolute Gasteiger partial charge is 0.349 e. The molecule has 28 heavy (non-hydrogen) atoms. The van der Waals surface area contributed by atoms with Crippen molar-refractivity contribution in [1.82, 2.24) is 10.6 Å². The van der Waals surface area contributed by atoms with E-state index in [1.165, 1.54) is 0 Å². The normalized spacial score (nSPS) is 13.0. The topological polar surface area (TPSA) is 58.2 Å². The summed E-state index contributed by atoms with van der Waals surface area (Å²) in [7, 11) is 0. The van der Waals surface area contributed by atoms with Gasteiger partial charge in [-0.1, -0.05) is 54.6 Å². The first kappa shape index (κ1) is 18.0. The van der Waals surface area contributed by atoms with E-state index in [1.807, 2.05) is 72.8 Å². The first-order valence-corrected chi connectivity index (χ1v) is 9.52. The minimum atomic E-state index is -0.105. The van der Waals surface area contributed by atoms with E-state index in [0.717, 1.165) is 29.5 Å². The second-order valence-corrected chi connectivity index (χ2v) is 7.07. The number of hydrogen-bond donors (Lipinski definition) is 2. The molecule has 0 saturated heterocycles. The molecule has 0 atom stereocenters. The highest BCUT2D eigenvalue weighted by molar-refractivity contribution is 5.96. The Balaban J connectivity index is 1.44. The van der Waals surface area contributed by atoms with Crippen LogP contribution in [-0.4, -0.2) is 17.9 Å². The molecule has 2 amide bonds. The molecule has 140 valence electrons. The Kier molecular flexibility index (Phi) is 5.20. The zero-order valence-electron chi connectivity index (χ0n) is 15.5. The summed E-state index contributed by atoms with van der Waals surface area (Å²) in [6.45, 7) is 0.495. The second kappa shape index (κ2) is 8.09. The maximum Gasteiger partial charge on any atom is 0.251 e. The van der Waals surface area contributed by atoms with E-state index >= 15 is 0 Å². The minimum absolute atomic E-state index is 0.0249. The summed E-state index contributed by atoms with van der Waals surface area (Å²) in [4.78, 5) is 24.6. The number of benzene rings is 3. The third kappa shape index (κ3) is 4.46. The molecule has 4 heteroatoms. The van der Waals surface area contributed by atoms with Crippen molar-refractivity contribution in [2.75, 3.05) is 0 Å². The quantitative estimate of drug-likeness (QED) is 0.684. The fraction of sp³-hybridized carbons (Fsp3) is 0.167. The standard InChI is InChI=1S/C24H22N2O2/c27-23(25-16-17-5-2-1-3-6-17)21-8-4-7-20(15-21)18-9-11-19(12-10-18)24(28)26-22-13-14-22/h1-12,15,22H,13-14,16H2,(H,25,27)(H,26,28). The molecule has 0 aliphatic heterocycles. The van der Waals surface area contributed by atoms with Gasteiger partial charge >= 0.3 is 0 Å². The summed E-state index contributed by atoms with van der Waals surface area (Å²) in [5.41, 5.74) is 4.26. The number of hydrogen-bond acceptors (Lipinski definition) is 2. The van der Waals surface area contributed by atoms with Gasteiger partial charge in [-0.3, -0.25) is 9.59 Å². The van der Waals surface area contributed by atoms with E-state index in [9.17, 15) is 9.59 Å². The van der Waals surface area contributed by atoms with Crippen LogP contribution in [0, 0.1) is 0 Å². The van der Waals surface area contributed by atoms with Gasteiger partial charge in [-0.25, -0.2) is 0 Å². The highest BCUT2D eigenvalue weighted by atomic mass is 16.2. The van der Waals surface area contributed by atoms with Crippen LogP contribution in [0.25, 0.3) is 11.1 Å². The number of carbonyl (C=O) groups excluding carboxylic acids is 2. The minimum Gasteiger partial charge on any atom is -0.349 e. The molecule has 4 rings (SSSR count). The molecule has 0 spiro atoms. The van der Waals surface area contributed by atoms with Crippen molar-refractivity contribution in [2.45, 2.75) is 25.4 Å². The van der Waals surface area contributed by atoms with Gasteiger partial charge < -0.3 is 10.6 Å². The van der Waals surface area contributed by atoms with Gasteiger partial charge in [0, 0.05) is 23.7 Å². The second-order valence-electron chi connectivity index (χ2n) is 7.07. The maximum atomic E-state index is 12.5. The van der Waals surface area contributed by atoms with Crippen LogP contribution in [-0.2, 0) is 6.54 Å². The Hall–Kier alpha value is -3.40. The summed E-state index contributed by atoms with van der Waals surface area (Å²) in [6.07, 6.45) is 2.14. The van der Waals surface area contributed by atoms with Crippen molar-refractivity contribution >= 4 is 11.8 Å². The molecule has 0 heterocycles. The SMILES string of the molecule is O=C(NCc1ccccc1)c1cccc(-c2ccc(C(=O)NC3CC3)cc2)c1. The first-order chi connectivity index (χ1) is 13.7. The van der Waals surface area contributed by atoms with Crippen molar-refractivity contribution in [3.63, 3.8) is 0 Å². The van der Waals surface area contributed by atoms with Crippen molar-refractivity contribution in [3.05, 3.63) is 95.6 Å². The van der Waals surface area contributed by atoms with Gasteiger partial charge in [0.15, 0.2) is 0 Å². The molecule has 0 bridgehead atoms. The summed E-state index contributed by atoms with van der Waals surface area (Å²) >= 11 is 0. The molecule has 3 aromatic rings. The summed E-state index contributed by atoms with van der Waals surface area (Å²) in [5, 5.41) is 5.94. The first-order valence-electron chi connectivity index (χ1n) is 9.52. The highest BCUT2D eigenvalue weighted by Crippen LogP contribution is 2.22. The summed E-state index contributed by atoms with van der Waals surface area (Å²) < 4.78 is 0. The van der Waals surface area contributed by atoms with Gasteiger partial charge in [0.25, 0.3) is 11.8 Å². The Morgan fingerprint density at radius 3 is 2.21 bits per heavy atom. The molecule has 0 aromatic heterocycles. The lowest BCUT2D eigenvalue weighted by atomic mass is 10.0. The van der Waals surface area contributed by atoms with Gasteiger partial charge in [-0.05, 0) is 53.8 Å². The van der Waals surface area contributed by atoms with Crippen LogP contribution in [0.1, 0.15) is 39.1 Å². The lowest BCUT2D eigenvalue weighted by Gasteiger charge is -2.08. The summed E-state index contributed by atoms with van der Waals surface area (Å²) in [5.74, 6) is -0.130. The highest BCUT2D eigenvalue weighted by Gasteiger charge is 2.23. The van der Waals surface area contributed by atoms with Crippen LogP contribution < -0.4 is 10.6 Å². The third-order valence-corrected chi connectivity index (χ3v) is 4.81. The van der Waals surface area contributed by atoms with Crippen LogP contribution >= 0.6 is 0 Å². The number of nitrogens with one attached hydrogen (secondary N) is 2. The molecular weight excluding hydrogens is 348 g/mol. The van der Waals surface area contributed by atoms with E-state index in [0.29, 0.717) is 23.7 Å². The monoisotopic (exact) mass is 370 g/mol. The predicted octanol–water partition coefficient (Wildman–Crippen LogP) is 4.18. The molecule has 2 N–H and O–H groups in total. The number of amides is 2. The van der Waals surface area contributed by atoms with Crippen LogP contribution in [0.3, 0.4) is 0 Å². The van der Waals surface area contributed by atoms with Crippen molar-refractivity contribution in [3.8, 4) is 11.1 Å². The number of carbonyl (C=O) groups is 2. The van der Waals surface area contributed by atoms with Crippen molar-refractivity contribution in [2.24, 2.45) is 0 Å².